The molecular weight excluding hydrogens is 418 g/mol. The normalized spacial score (nSPS) is 15.2. The zero-order chi connectivity index (χ0) is 23.5. The van der Waals surface area contributed by atoms with Gasteiger partial charge >= 0.3 is 0 Å². The summed E-state index contributed by atoms with van der Waals surface area (Å²) >= 11 is 0. The van der Waals surface area contributed by atoms with Crippen molar-refractivity contribution < 1.29 is 4.79 Å². The van der Waals surface area contributed by atoms with Crippen LogP contribution in [0.15, 0.2) is 84.9 Å². The van der Waals surface area contributed by atoms with Gasteiger partial charge in [-0.15, -0.1) is 0 Å². The van der Waals surface area contributed by atoms with E-state index >= 15 is 0 Å². The molecule has 1 fully saturated rings. The average molecular weight is 452 g/mol. The van der Waals surface area contributed by atoms with Gasteiger partial charge in [0.05, 0.1) is 5.41 Å². The Balaban J connectivity index is 1.52. The third kappa shape index (κ3) is 4.56. The van der Waals surface area contributed by atoms with E-state index in [0.29, 0.717) is 19.4 Å². The van der Waals surface area contributed by atoms with Crippen LogP contribution in [0.5, 0.6) is 0 Å². The number of nitrogens with two attached hydrogens (primary N) is 1. The van der Waals surface area contributed by atoms with Crippen LogP contribution >= 0.6 is 0 Å². The van der Waals surface area contributed by atoms with Gasteiger partial charge in [-0.1, -0.05) is 84.9 Å². The van der Waals surface area contributed by atoms with E-state index in [1.165, 1.54) is 21.5 Å². The number of likely N-dealkylation sites (N-methyl/N-ethyl adjacent to an activating group) is 1. The molecule has 0 radical (unpaired) electrons. The maximum atomic E-state index is 14.1. The molecule has 0 atom stereocenters. The summed E-state index contributed by atoms with van der Waals surface area (Å²) in [4.78, 5) is 18.4. The van der Waals surface area contributed by atoms with E-state index in [-0.39, 0.29) is 5.91 Å². The molecule has 34 heavy (non-hydrogen) atoms. The molecule has 1 aliphatic heterocycles. The van der Waals surface area contributed by atoms with Crippen LogP contribution in [0.1, 0.15) is 11.1 Å². The molecule has 1 heterocycles. The molecule has 0 bridgehead atoms. The fourth-order valence-corrected chi connectivity index (χ4v) is 5.27. The number of hydrogen-bond acceptors (Lipinski definition) is 3. The van der Waals surface area contributed by atoms with Gasteiger partial charge in [0.2, 0.25) is 5.91 Å². The first kappa shape index (κ1) is 22.6. The van der Waals surface area contributed by atoms with Crippen LogP contribution < -0.4 is 5.73 Å². The molecule has 174 valence electrons. The number of amides is 1. The van der Waals surface area contributed by atoms with Gasteiger partial charge in [-0.2, -0.15) is 0 Å². The Bertz CT molecular complexity index is 1230. The summed E-state index contributed by atoms with van der Waals surface area (Å²) in [6, 6.07) is 29.8. The molecular formula is C30H33N3O. The summed E-state index contributed by atoms with van der Waals surface area (Å²) < 4.78 is 0. The standard InChI is InChI=1S/C30H33N3O/c1-32-14-16-33(17-15-32)29(34)30(22-31,20-23-10-12-25-6-2-4-8-27(25)18-23)21-24-11-13-26-7-3-5-9-28(26)19-24/h2-13,18-19H,14-17,20-22,31H2,1H3. The van der Waals surface area contributed by atoms with E-state index in [9.17, 15) is 4.79 Å². The van der Waals surface area contributed by atoms with Crippen LogP contribution in [0, 0.1) is 5.41 Å². The fraction of sp³-hybridized carbons (Fsp3) is 0.300. The Hall–Kier alpha value is -3.21. The number of piperazine rings is 1. The molecule has 0 aromatic heterocycles. The molecule has 0 unspecified atom stereocenters. The molecule has 0 saturated carbocycles. The van der Waals surface area contributed by atoms with E-state index in [2.05, 4.69) is 96.9 Å². The van der Waals surface area contributed by atoms with Crippen LogP contribution in [0.25, 0.3) is 21.5 Å². The van der Waals surface area contributed by atoms with Crippen LogP contribution in [-0.4, -0.2) is 55.5 Å². The van der Waals surface area contributed by atoms with Crippen molar-refractivity contribution >= 4 is 27.5 Å². The lowest BCUT2D eigenvalue weighted by Gasteiger charge is -2.40. The minimum atomic E-state index is -0.680. The van der Waals surface area contributed by atoms with Gasteiger partial charge < -0.3 is 15.5 Å². The highest BCUT2D eigenvalue weighted by atomic mass is 16.2. The van der Waals surface area contributed by atoms with Crippen molar-refractivity contribution in [1.29, 1.82) is 0 Å². The lowest BCUT2D eigenvalue weighted by Crippen LogP contribution is -2.55. The molecule has 1 aliphatic rings. The highest BCUT2D eigenvalue weighted by Crippen LogP contribution is 2.32. The number of nitrogens with zero attached hydrogens (tertiary/aromatic N) is 2. The summed E-state index contributed by atoms with van der Waals surface area (Å²) in [6.45, 7) is 3.63. The summed E-state index contributed by atoms with van der Waals surface area (Å²) in [5.41, 5.74) is 8.15. The average Bonchev–Trinajstić information content (AvgIpc) is 2.88. The molecule has 4 aromatic rings. The predicted octanol–water partition coefficient (Wildman–Crippen LogP) is 4.50. The second kappa shape index (κ2) is 9.57. The van der Waals surface area contributed by atoms with Gasteiger partial charge in [-0.05, 0) is 52.6 Å². The third-order valence-corrected chi connectivity index (χ3v) is 7.35. The first-order chi connectivity index (χ1) is 16.6. The number of carbonyl (C=O) groups is 1. The van der Waals surface area contributed by atoms with Crippen LogP contribution in [0.2, 0.25) is 0 Å². The Morgan fingerprint density at radius 1 is 0.735 bits per heavy atom. The van der Waals surface area contributed by atoms with E-state index in [1.807, 2.05) is 4.90 Å². The summed E-state index contributed by atoms with van der Waals surface area (Å²) in [6.07, 6.45) is 1.26. The number of rotatable bonds is 6. The number of benzene rings is 4. The van der Waals surface area contributed by atoms with Crippen molar-refractivity contribution in [3.05, 3.63) is 96.1 Å². The number of fused-ring (bicyclic) bond motifs is 2. The van der Waals surface area contributed by atoms with E-state index in [4.69, 9.17) is 5.73 Å². The van der Waals surface area contributed by atoms with Crippen molar-refractivity contribution in [3.63, 3.8) is 0 Å². The van der Waals surface area contributed by atoms with E-state index in [1.54, 1.807) is 0 Å². The minimum absolute atomic E-state index is 0.185. The maximum Gasteiger partial charge on any atom is 0.230 e. The largest absolute Gasteiger partial charge is 0.340 e. The highest BCUT2D eigenvalue weighted by molar-refractivity contribution is 5.87. The predicted molar refractivity (Wildman–Crippen MR) is 141 cm³/mol. The number of hydrogen-bond donors (Lipinski definition) is 1. The van der Waals surface area contributed by atoms with Gasteiger partial charge in [-0.25, -0.2) is 0 Å². The first-order valence-electron chi connectivity index (χ1n) is 12.2. The highest BCUT2D eigenvalue weighted by Gasteiger charge is 2.41. The van der Waals surface area contributed by atoms with E-state index < -0.39 is 5.41 Å². The minimum Gasteiger partial charge on any atom is -0.340 e. The molecule has 4 nitrogen and oxygen atoms in total. The Morgan fingerprint density at radius 3 is 1.68 bits per heavy atom. The Labute approximate surface area is 202 Å². The lowest BCUT2D eigenvalue weighted by atomic mass is 9.74. The van der Waals surface area contributed by atoms with Crippen LogP contribution in [0.3, 0.4) is 0 Å². The molecule has 1 saturated heterocycles. The first-order valence-corrected chi connectivity index (χ1v) is 12.2. The molecule has 2 N–H and O–H groups in total. The third-order valence-electron chi connectivity index (χ3n) is 7.35. The van der Waals surface area contributed by atoms with Crippen molar-refractivity contribution in [2.75, 3.05) is 39.8 Å². The molecule has 5 rings (SSSR count). The van der Waals surface area contributed by atoms with Crippen molar-refractivity contribution in [3.8, 4) is 0 Å². The van der Waals surface area contributed by atoms with Crippen LogP contribution in [0.4, 0.5) is 0 Å². The molecule has 0 aliphatic carbocycles. The second-order valence-corrected chi connectivity index (χ2v) is 9.80. The smallest absolute Gasteiger partial charge is 0.230 e. The lowest BCUT2D eigenvalue weighted by molar-refractivity contribution is -0.143. The molecule has 0 spiro atoms. The second-order valence-electron chi connectivity index (χ2n) is 9.80. The van der Waals surface area contributed by atoms with Crippen molar-refractivity contribution in [2.24, 2.45) is 11.1 Å². The van der Waals surface area contributed by atoms with Gasteiger partial charge in [0.15, 0.2) is 0 Å². The molecule has 1 amide bonds. The zero-order valence-corrected chi connectivity index (χ0v) is 19.9. The fourth-order valence-electron chi connectivity index (χ4n) is 5.27. The summed E-state index contributed by atoms with van der Waals surface area (Å²) in [5, 5.41) is 4.82. The van der Waals surface area contributed by atoms with Gasteiger partial charge in [-0.3, -0.25) is 4.79 Å². The number of carbonyl (C=O) groups excluding carboxylic acids is 1. The van der Waals surface area contributed by atoms with Crippen molar-refractivity contribution in [2.45, 2.75) is 12.8 Å². The Kier molecular flexibility index (Phi) is 6.36. The summed E-state index contributed by atoms with van der Waals surface area (Å²) in [7, 11) is 2.11. The Morgan fingerprint density at radius 2 is 1.21 bits per heavy atom. The van der Waals surface area contributed by atoms with Gasteiger partial charge in [0, 0.05) is 32.7 Å². The molecule has 4 heteroatoms. The van der Waals surface area contributed by atoms with Crippen molar-refractivity contribution in [1.82, 2.24) is 9.80 Å². The van der Waals surface area contributed by atoms with E-state index in [0.717, 1.165) is 37.3 Å². The van der Waals surface area contributed by atoms with Gasteiger partial charge in [0.25, 0.3) is 0 Å². The monoisotopic (exact) mass is 451 g/mol. The van der Waals surface area contributed by atoms with Gasteiger partial charge in [0.1, 0.15) is 0 Å². The molecule has 4 aromatic carbocycles. The maximum absolute atomic E-state index is 14.1. The quantitative estimate of drug-likeness (QED) is 0.470. The topological polar surface area (TPSA) is 49.6 Å². The van der Waals surface area contributed by atoms with Crippen LogP contribution in [-0.2, 0) is 17.6 Å². The SMILES string of the molecule is CN1CCN(C(=O)C(CN)(Cc2ccc3ccccc3c2)Cc2ccc3ccccc3c2)CC1. The summed E-state index contributed by atoms with van der Waals surface area (Å²) in [5.74, 6) is 0.185. The zero-order valence-electron chi connectivity index (χ0n) is 19.9.